The molecule has 3 aliphatic heterocycles. The molecule has 0 unspecified atom stereocenters. The Balaban J connectivity index is 1.75. The summed E-state index contributed by atoms with van der Waals surface area (Å²) in [5.74, 6) is -3.44. The summed E-state index contributed by atoms with van der Waals surface area (Å²) in [6.07, 6.45) is 3.76. The maximum absolute atomic E-state index is 14.7. The molecule has 4 rings (SSSR count). The van der Waals surface area contributed by atoms with E-state index in [9.17, 15) is 24.3 Å². The zero-order valence-electron chi connectivity index (χ0n) is 29.9. The van der Waals surface area contributed by atoms with Crippen molar-refractivity contribution in [3.05, 3.63) is 61.2 Å². The van der Waals surface area contributed by atoms with Crippen LogP contribution in [0.15, 0.2) is 55.6 Å². The van der Waals surface area contributed by atoms with Gasteiger partial charge < -0.3 is 34.4 Å². The third-order valence-electron chi connectivity index (χ3n) is 9.98. The fraction of sp³-hybridized carbons (Fsp3) is 0.632. The second-order valence-electron chi connectivity index (χ2n) is 14.9. The van der Waals surface area contributed by atoms with Crippen molar-refractivity contribution in [2.45, 2.75) is 108 Å². The van der Waals surface area contributed by atoms with Gasteiger partial charge in [0.05, 0.1) is 43.2 Å². The van der Waals surface area contributed by atoms with Crippen LogP contribution in [0.25, 0.3) is 0 Å². The number of aliphatic hydroxyl groups excluding tert-OH is 1. The SMILES string of the molecule is C=CCCC(=O)N[C@H](COC)[C@H](OC(=O)[C@@H]1[C@@H]2CC[C@]3(O2)[C@H](C(=O)N(CC=C)C(C)(C)C)N([C@@H](CO)CC(C)C)C(=O)[C@@H]13)c1ccccc1. The Hall–Kier alpha value is -3.54. The van der Waals surface area contributed by atoms with Gasteiger partial charge in [-0.25, -0.2) is 0 Å². The zero-order valence-corrected chi connectivity index (χ0v) is 29.9. The molecule has 8 atom stereocenters. The van der Waals surface area contributed by atoms with Crippen molar-refractivity contribution in [3.63, 3.8) is 0 Å². The molecular weight excluding hydrogens is 626 g/mol. The van der Waals surface area contributed by atoms with Crippen molar-refractivity contribution in [2.75, 3.05) is 26.9 Å². The largest absolute Gasteiger partial charge is 0.455 e. The van der Waals surface area contributed by atoms with Crippen LogP contribution in [-0.4, -0.2) is 101 Å². The van der Waals surface area contributed by atoms with Crippen molar-refractivity contribution in [1.82, 2.24) is 15.1 Å². The van der Waals surface area contributed by atoms with Crippen LogP contribution >= 0.6 is 0 Å². The van der Waals surface area contributed by atoms with Crippen LogP contribution in [0.1, 0.15) is 78.4 Å². The molecule has 1 spiro atoms. The van der Waals surface area contributed by atoms with E-state index < -0.39 is 65.2 Å². The Morgan fingerprint density at radius 2 is 1.88 bits per heavy atom. The molecule has 1 aromatic rings. The monoisotopic (exact) mass is 681 g/mol. The number of allylic oxidation sites excluding steroid dienone is 1. The van der Waals surface area contributed by atoms with Crippen LogP contribution in [0, 0.1) is 17.8 Å². The Kier molecular flexibility index (Phi) is 12.5. The highest BCUT2D eigenvalue weighted by Crippen LogP contribution is 2.59. The number of nitrogens with one attached hydrogen (secondary N) is 1. The summed E-state index contributed by atoms with van der Waals surface area (Å²) in [7, 11) is 1.51. The summed E-state index contributed by atoms with van der Waals surface area (Å²) < 4.78 is 18.4. The minimum Gasteiger partial charge on any atom is -0.455 e. The van der Waals surface area contributed by atoms with Gasteiger partial charge in [-0.2, -0.15) is 0 Å². The molecule has 11 nitrogen and oxygen atoms in total. The predicted octanol–water partition coefficient (Wildman–Crippen LogP) is 3.96. The van der Waals surface area contributed by atoms with Crippen molar-refractivity contribution < 1.29 is 38.5 Å². The minimum absolute atomic E-state index is 0.0627. The van der Waals surface area contributed by atoms with Crippen molar-refractivity contribution in [2.24, 2.45) is 17.8 Å². The Labute approximate surface area is 291 Å². The van der Waals surface area contributed by atoms with Gasteiger partial charge in [0.1, 0.15) is 17.7 Å². The van der Waals surface area contributed by atoms with Gasteiger partial charge in [0, 0.05) is 25.6 Å². The normalized spacial score (nSPS) is 26.2. The third kappa shape index (κ3) is 7.79. The van der Waals surface area contributed by atoms with Crippen LogP contribution < -0.4 is 5.32 Å². The molecule has 0 saturated carbocycles. The van der Waals surface area contributed by atoms with E-state index in [0.29, 0.717) is 31.2 Å². The molecule has 3 aliphatic rings. The summed E-state index contributed by atoms with van der Waals surface area (Å²) in [5.41, 5.74) is -1.23. The highest BCUT2D eigenvalue weighted by molar-refractivity contribution is 5.98. The summed E-state index contributed by atoms with van der Waals surface area (Å²) in [4.78, 5) is 59.9. The molecule has 2 N–H and O–H groups in total. The molecular formula is C38H55N3O8. The summed E-state index contributed by atoms with van der Waals surface area (Å²) in [6, 6.07) is 6.68. The molecule has 0 aliphatic carbocycles. The predicted molar refractivity (Wildman–Crippen MR) is 185 cm³/mol. The summed E-state index contributed by atoms with van der Waals surface area (Å²) in [6.45, 7) is 17.3. The van der Waals surface area contributed by atoms with Crippen LogP contribution in [0.3, 0.4) is 0 Å². The number of amides is 3. The lowest BCUT2D eigenvalue weighted by Gasteiger charge is -2.43. The number of hydrogen-bond donors (Lipinski definition) is 2. The molecule has 0 aromatic heterocycles. The quantitative estimate of drug-likeness (QED) is 0.187. The van der Waals surface area contributed by atoms with E-state index in [-0.39, 0.29) is 43.9 Å². The smallest absolute Gasteiger partial charge is 0.313 e. The number of carbonyl (C=O) groups is 4. The summed E-state index contributed by atoms with van der Waals surface area (Å²) >= 11 is 0. The van der Waals surface area contributed by atoms with Crippen LogP contribution in [-0.2, 0) is 33.4 Å². The molecule has 3 amide bonds. The van der Waals surface area contributed by atoms with Gasteiger partial charge in [-0.15, -0.1) is 13.2 Å². The molecule has 0 radical (unpaired) electrons. The van der Waals surface area contributed by atoms with Gasteiger partial charge in [-0.05, 0) is 57.9 Å². The second kappa shape index (κ2) is 16.0. The lowest BCUT2D eigenvalue weighted by atomic mass is 9.70. The standard InChI is InChI=1S/C38H55N3O8/c1-9-11-17-29(43)39-27(23-47-8)32(25-15-13-12-14-16-25)48-36(46)30-28-18-19-38(49-28)31(30)34(44)41(26(22-42)21-24(3)4)33(38)35(45)40(20-10-2)37(5,6)7/h9-10,12-16,24,26-28,30-33,42H,1-2,11,17-23H2,3-8H3,(H,39,43)/t26-,27-,28+,30-,31-,32-,33+,38-/m1/s1. The first kappa shape index (κ1) is 38.3. The van der Waals surface area contributed by atoms with Crippen LogP contribution in [0.4, 0.5) is 0 Å². The van der Waals surface area contributed by atoms with E-state index >= 15 is 0 Å². The number of carbonyl (C=O) groups excluding carboxylic acids is 4. The Morgan fingerprint density at radius 3 is 2.45 bits per heavy atom. The molecule has 2 bridgehead atoms. The Morgan fingerprint density at radius 1 is 1.18 bits per heavy atom. The fourth-order valence-corrected chi connectivity index (χ4v) is 7.95. The van der Waals surface area contributed by atoms with Gasteiger partial charge in [0.15, 0.2) is 0 Å². The van der Waals surface area contributed by atoms with Gasteiger partial charge in [-0.3, -0.25) is 19.2 Å². The number of benzene rings is 1. The second-order valence-corrected chi connectivity index (χ2v) is 14.9. The lowest BCUT2D eigenvalue weighted by molar-refractivity contribution is -0.164. The maximum atomic E-state index is 14.7. The Bertz CT molecular complexity index is 1360. The molecule has 3 fully saturated rings. The van der Waals surface area contributed by atoms with Gasteiger partial charge in [0.2, 0.25) is 17.7 Å². The molecule has 3 heterocycles. The van der Waals surface area contributed by atoms with E-state index in [1.54, 1.807) is 17.1 Å². The molecule has 270 valence electrons. The van der Waals surface area contributed by atoms with E-state index in [4.69, 9.17) is 14.2 Å². The number of ether oxygens (including phenoxy) is 3. The van der Waals surface area contributed by atoms with Crippen molar-refractivity contribution in [3.8, 4) is 0 Å². The van der Waals surface area contributed by atoms with Crippen molar-refractivity contribution in [1.29, 1.82) is 0 Å². The molecule has 11 heteroatoms. The lowest BCUT2D eigenvalue weighted by Crippen LogP contribution is -2.61. The number of hydrogen-bond acceptors (Lipinski definition) is 8. The number of fused-ring (bicyclic) bond motifs is 1. The first-order valence-corrected chi connectivity index (χ1v) is 17.4. The number of likely N-dealkylation sites (tertiary alicyclic amines) is 1. The highest BCUT2D eigenvalue weighted by atomic mass is 16.6. The van der Waals surface area contributed by atoms with Gasteiger partial charge >= 0.3 is 5.97 Å². The van der Waals surface area contributed by atoms with Crippen molar-refractivity contribution >= 4 is 23.7 Å². The number of nitrogens with zero attached hydrogens (tertiary/aromatic N) is 2. The summed E-state index contributed by atoms with van der Waals surface area (Å²) in [5, 5.41) is 13.6. The molecule has 1 aromatic carbocycles. The average Bonchev–Trinajstić information content (AvgIpc) is 3.70. The van der Waals surface area contributed by atoms with E-state index in [0.717, 1.165) is 0 Å². The number of aliphatic hydroxyl groups is 1. The number of esters is 1. The molecule has 49 heavy (non-hydrogen) atoms. The maximum Gasteiger partial charge on any atom is 0.313 e. The van der Waals surface area contributed by atoms with Crippen LogP contribution in [0.5, 0.6) is 0 Å². The van der Waals surface area contributed by atoms with E-state index in [1.807, 2.05) is 65.0 Å². The molecule has 3 saturated heterocycles. The topological polar surface area (TPSA) is 135 Å². The first-order chi connectivity index (χ1) is 23.2. The van der Waals surface area contributed by atoms with E-state index in [1.165, 1.54) is 12.0 Å². The van der Waals surface area contributed by atoms with E-state index in [2.05, 4.69) is 18.5 Å². The first-order valence-electron chi connectivity index (χ1n) is 17.4. The highest BCUT2D eigenvalue weighted by Gasteiger charge is 2.76. The number of rotatable bonds is 17. The van der Waals surface area contributed by atoms with Gasteiger partial charge in [-0.1, -0.05) is 56.3 Å². The van der Waals surface area contributed by atoms with Gasteiger partial charge in [0.25, 0.3) is 0 Å². The fourth-order valence-electron chi connectivity index (χ4n) is 7.95. The number of methoxy groups -OCH3 is 1. The van der Waals surface area contributed by atoms with Crippen LogP contribution in [0.2, 0.25) is 0 Å². The average molecular weight is 682 g/mol. The third-order valence-corrected chi connectivity index (χ3v) is 9.98. The minimum atomic E-state index is -1.27. The zero-order chi connectivity index (χ0) is 36.1.